The van der Waals surface area contributed by atoms with Crippen LogP contribution in [0.3, 0.4) is 0 Å². The Balaban J connectivity index is 2.19. The van der Waals surface area contributed by atoms with Crippen LogP contribution >= 0.6 is 34.8 Å². The van der Waals surface area contributed by atoms with Crippen LogP contribution in [0, 0.1) is 0 Å². The van der Waals surface area contributed by atoms with Crippen LogP contribution in [0.4, 0.5) is 0 Å². The molecule has 0 aromatic heterocycles. The van der Waals surface area contributed by atoms with Crippen molar-refractivity contribution in [3.63, 3.8) is 0 Å². The molecule has 2 aromatic rings. The van der Waals surface area contributed by atoms with Gasteiger partial charge in [0.05, 0.1) is 17.2 Å². The minimum atomic E-state index is -0.738. The van der Waals surface area contributed by atoms with Crippen LogP contribution in [-0.2, 0) is 9.53 Å². The highest BCUT2D eigenvalue weighted by Gasteiger charge is 2.15. The summed E-state index contributed by atoms with van der Waals surface area (Å²) in [6, 6.07) is 9.79. The van der Waals surface area contributed by atoms with Crippen LogP contribution in [0.2, 0.25) is 15.1 Å². The van der Waals surface area contributed by atoms with E-state index in [1.54, 1.807) is 31.2 Å². The van der Waals surface area contributed by atoms with Crippen LogP contribution in [-0.4, -0.2) is 19.2 Å². The van der Waals surface area contributed by atoms with Crippen molar-refractivity contribution >= 4 is 40.8 Å². The van der Waals surface area contributed by atoms with E-state index < -0.39 is 12.1 Å². The Morgan fingerprint density at radius 3 is 2.26 bits per heavy atom. The van der Waals surface area contributed by atoms with Crippen LogP contribution in [0.15, 0.2) is 36.4 Å². The molecule has 0 saturated carbocycles. The SMILES string of the molecule is COC(=O)C(C)Oc1cccc(Oc2c(Cl)cc(Cl)cc2Cl)c1. The summed E-state index contributed by atoms with van der Waals surface area (Å²) >= 11 is 18.0. The molecule has 0 bridgehead atoms. The van der Waals surface area contributed by atoms with E-state index >= 15 is 0 Å². The number of carbonyl (C=O) groups excluding carboxylic acids is 1. The molecule has 0 N–H and O–H groups in total. The first kappa shape index (κ1) is 17.7. The summed E-state index contributed by atoms with van der Waals surface area (Å²) in [4.78, 5) is 11.4. The first-order valence-electron chi connectivity index (χ1n) is 6.57. The third-order valence-electron chi connectivity index (χ3n) is 2.83. The van der Waals surface area contributed by atoms with Crippen molar-refractivity contribution in [1.82, 2.24) is 0 Å². The van der Waals surface area contributed by atoms with E-state index in [1.165, 1.54) is 19.2 Å². The van der Waals surface area contributed by atoms with Gasteiger partial charge in [0.25, 0.3) is 0 Å². The molecule has 7 heteroatoms. The Morgan fingerprint density at radius 2 is 1.65 bits per heavy atom. The lowest BCUT2D eigenvalue weighted by Gasteiger charge is -2.14. The third kappa shape index (κ3) is 4.67. The minimum Gasteiger partial charge on any atom is -0.479 e. The molecule has 2 aromatic carbocycles. The second-order valence-electron chi connectivity index (χ2n) is 4.56. The zero-order valence-electron chi connectivity index (χ0n) is 12.3. The number of methoxy groups -OCH3 is 1. The van der Waals surface area contributed by atoms with E-state index in [4.69, 9.17) is 44.3 Å². The van der Waals surface area contributed by atoms with Crippen LogP contribution in [0.25, 0.3) is 0 Å². The van der Waals surface area contributed by atoms with Gasteiger partial charge in [-0.25, -0.2) is 4.79 Å². The zero-order chi connectivity index (χ0) is 17.0. The highest BCUT2D eigenvalue weighted by atomic mass is 35.5. The van der Waals surface area contributed by atoms with E-state index in [-0.39, 0.29) is 15.8 Å². The fraction of sp³-hybridized carbons (Fsp3) is 0.188. The number of ether oxygens (including phenoxy) is 3. The van der Waals surface area contributed by atoms with Gasteiger partial charge >= 0.3 is 5.97 Å². The number of carbonyl (C=O) groups is 1. The van der Waals surface area contributed by atoms with Gasteiger partial charge in [0, 0.05) is 11.1 Å². The van der Waals surface area contributed by atoms with Crippen LogP contribution < -0.4 is 9.47 Å². The molecule has 0 spiro atoms. The summed E-state index contributed by atoms with van der Waals surface area (Å²) in [6.45, 7) is 1.59. The van der Waals surface area contributed by atoms with E-state index in [0.29, 0.717) is 16.5 Å². The van der Waals surface area contributed by atoms with Crippen molar-refractivity contribution in [3.8, 4) is 17.2 Å². The van der Waals surface area contributed by atoms with Gasteiger partial charge in [0.15, 0.2) is 11.9 Å². The first-order valence-corrected chi connectivity index (χ1v) is 7.71. The van der Waals surface area contributed by atoms with Crippen molar-refractivity contribution < 1.29 is 19.0 Å². The fourth-order valence-electron chi connectivity index (χ4n) is 1.77. The predicted octanol–water partition coefficient (Wildman–Crippen LogP) is 5.38. The molecule has 1 atom stereocenters. The maximum absolute atomic E-state index is 11.4. The molecule has 23 heavy (non-hydrogen) atoms. The molecule has 0 aliphatic rings. The quantitative estimate of drug-likeness (QED) is 0.658. The molecule has 2 rings (SSSR count). The lowest BCUT2D eigenvalue weighted by atomic mass is 10.3. The largest absolute Gasteiger partial charge is 0.479 e. The lowest BCUT2D eigenvalue weighted by Crippen LogP contribution is -2.24. The topological polar surface area (TPSA) is 44.8 Å². The summed E-state index contributed by atoms with van der Waals surface area (Å²) in [5, 5.41) is 0.991. The average Bonchev–Trinajstić information content (AvgIpc) is 2.50. The van der Waals surface area contributed by atoms with Gasteiger partial charge < -0.3 is 14.2 Å². The highest BCUT2D eigenvalue weighted by Crippen LogP contribution is 2.39. The van der Waals surface area contributed by atoms with Gasteiger partial charge in [0.2, 0.25) is 0 Å². The number of halogens is 3. The van der Waals surface area contributed by atoms with E-state index in [0.717, 1.165) is 0 Å². The highest BCUT2D eigenvalue weighted by molar-refractivity contribution is 6.40. The summed E-state index contributed by atoms with van der Waals surface area (Å²) in [5.74, 6) is 0.711. The monoisotopic (exact) mass is 374 g/mol. The summed E-state index contributed by atoms with van der Waals surface area (Å²) in [7, 11) is 1.30. The predicted molar refractivity (Wildman–Crippen MR) is 90.1 cm³/mol. The summed E-state index contributed by atoms with van der Waals surface area (Å²) in [6.07, 6.45) is -0.738. The van der Waals surface area contributed by atoms with Crippen LogP contribution in [0.5, 0.6) is 17.2 Å². The van der Waals surface area contributed by atoms with E-state index in [9.17, 15) is 4.79 Å². The van der Waals surface area contributed by atoms with Crippen molar-refractivity contribution in [2.24, 2.45) is 0 Å². The molecule has 122 valence electrons. The van der Waals surface area contributed by atoms with Gasteiger partial charge in [-0.2, -0.15) is 0 Å². The van der Waals surface area contributed by atoms with Gasteiger partial charge in [-0.05, 0) is 31.2 Å². The summed E-state index contributed by atoms with van der Waals surface area (Å²) < 4.78 is 15.8. The molecule has 0 fully saturated rings. The van der Waals surface area contributed by atoms with Gasteiger partial charge in [0.1, 0.15) is 11.5 Å². The van der Waals surface area contributed by atoms with Crippen molar-refractivity contribution in [1.29, 1.82) is 0 Å². The molecule has 0 amide bonds. The Bertz CT molecular complexity index is 695. The number of esters is 1. The average molecular weight is 376 g/mol. The van der Waals surface area contributed by atoms with Gasteiger partial charge in [-0.3, -0.25) is 0 Å². The molecule has 0 aliphatic carbocycles. The van der Waals surface area contributed by atoms with Gasteiger partial charge in [-0.15, -0.1) is 0 Å². The molecule has 0 heterocycles. The molecule has 0 aliphatic heterocycles. The maximum Gasteiger partial charge on any atom is 0.346 e. The minimum absolute atomic E-state index is 0.288. The number of hydrogen-bond acceptors (Lipinski definition) is 4. The number of benzene rings is 2. The maximum atomic E-state index is 11.4. The smallest absolute Gasteiger partial charge is 0.346 e. The number of rotatable bonds is 5. The van der Waals surface area contributed by atoms with Crippen molar-refractivity contribution in [2.75, 3.05) is 7.11 Å². The second-order valence-corrected chi connectivity index (χ2v) is 5.81. The van der Waals surface area contributed by atoms with E-state index in [1.807, 2.05) is 0 Å². The van der Waals surface area contributed by atoms with Crippen molar-refractivity contribution in [3.05, 3.63) is 51.5 Å². The van der Waals surface area contributed by atoms with Crippen molar-refractivity contribution in [2.45, 2.75) is 13.0 Å². The standard InChI is InChI=1S/C16H13Cl3O4/c1-9(16(20)21-2)22-11-4-3-5-12(8-11)23-15-13(18)6-10(17)7-14(15)19/h3-9H,1-2H3. The normalized spacial score (nSPS) is 11.7. The zero-order valence-corrected chi connectivity index (χ0v) is 14.6. The Hall–Kier alpha value is -1.62. The molecule has 0 radical (unpaired) electrons. The molecular formula is C16H13Cl3O4. The fourth-order valence-corrected chi connectivity index (χ4v) is 2.67. The van der Waals surface area contributed by atoms with Crippen LogP contribution in [0.1, 0.15) is 6.92 Å². The number of hydrogen-bond donors (Lipinski definition) is 0. The summed E-state index contributed by atoms with van der Waals surface area (Å²) in [5.41, 5.74) is 0. The Morgan fingerprint density at radius 1 is 1.04 bits per heavy atom. The Labute approximate surface area is 148 Å². The van der Waals surface area contributed by atoms with E-state index in [2.05, 4.69) is 4.74 Å². The molecule has 4 nitrogen and oxygen atoms in total. The molecular weight excluding hydrogens is 363 g/mol. The van der Waals surface area contributed by atoms with Gasteiger partial charge in [-0.1, -0.05) is 40.9 Å². The Kier molecular flexibility index (Phi) is 5.99. The third-order valence-corrected chi connectivity index (χ3v) is 3.61. The molecule has 1 unspecified atom stereocenters. The second kappa shape index (κ2) is 7.77. The lowest BCUT2D eigenvalue weighted by molar-refractivity contribution is -0.147. The molecule has 0 saturated heterocycles. The first-order chi connectivity index (χ1) is 10.9.